The van der Waals surface area contributed by atoms with Gasteiger partial charge in [0.15, 0.2) is 11.0 Å². The van der Waals surface area contributed by atoms with Crippen LogP contribution in [0.5, 0.6) is 0 Å². The lowest BCUT2D eigenvalue weighted by atomic mass is 10.0. The molecule has 194 valence electrons. The van der Waals surface area contributed by atoms with Crippen molar-refractivity contribution < 1.29 is 14.0 Å². The zero-order valence-electron chi connectivity index (χ0n) is 20.8. The van der Waals surface area contributed by atoms with Crippen molar-refractivity contribution in [2.24, 2.45) is 12.1 Å². The van der Waals surface area contributed by atoms with E-state index in [1.54, 1.807) is 41.2 Å². The summed E-state index contributed by atoms with van der Waals surface area (Å²) < 4.78 is 15.3. The fourth-order valence-electron chi connectivity index (χ4n) is 4.14. The van der Waals surface area contributed by atoms with Gasteiger partial charge in [-0.2, -0.15) is 5.10 Å². The zero-order chi connectivity index (χ0) is 26.6. The minimum absolute atomic E-state index is 0.0978. The van der Waals surface area contributed by atoms with Crippen LogP contribution in [0.4, 0.5) is 4.39 Å². The first-order valence-electron chi connectivity index (χ1n) is 11.9. The van der Waals surface area contributed by atoms with Crippen LogP contribution >= 0.6 is 23.1 Å². The molecule has 0 fully saturated rings. The zero-order valence-corrected chi connectivity index (χ0v) is 22.4. The van der Waals surface area contributed by atoms with E-state index in [-0.39, 0.29) is 36.0 Å². The minimum atomic E-state index is -0.326. The first-order chi connectivity index (χ1) is 18.4. The molecule has 0 aliphatic carbocycles. The maximum atomic E-state index is 13.5. The number of nitrogens with zero attached hydrogens (tertiary/aromatic N) is 5. The van der Waals surface area contributed by atoms with E-state index in [9.17, 15) is 14.0 Å². The number of aryl methyl sites for hydroxylation is 1. The highest BCUT2D eigenvalue weighted by Crippen LogP contribution is 2.34. The quantitative estimate of drug-likeness (QED) is 0.322. The molecule has 1 aliphatic rings. The molecule has 2 amide bonds. The average Bonchev–Trinajstić information content (AvgIpc) is 3.67. The number of carbonyl (C=O) groups excluding carboxylic acids is 2. The number of nitrogens with one attached hydrogen (secondary N) is 1. The summed E-state index contributed by atoms with van der Waals surface area (Å²) in [5.74, 6) is -0.0350. The van der Waals surface area contributed by atoms with Gasteiger partial charge < -0.3 is 9.88 Å². The van der Waals surface area contributed by atoms with Crippen LogP contribution in [0.3, 0.4) is 0 Å². The third kappa shape index (κ3) is 5.68. The number of thioether (sulfide) groups is 1. The smallest absolute Gasteiger partial charge is 0.253 e. The molecule has 2 aromatic heterocycles. The number of halogens is 1. The lowest BCUT2D eigenvalue weighted by molar-refractivity contribution is -0.130. The Balaban J connectivity index is 1.25. The van der Waals surface area contributed by atoms with Gasteiger partial charge in [-0.3, -0.25) is 9.59 Å². The van der Waals surface area contributed by atoms with Gasteiger partial charge in [-0.05, 0) is 48.2 Å². The van der Waals surface area contributed by atoms with Crippen molar-refractivity contribution >= 4 is 40.6 Å². The van der Waals surface area contributed by atoms with Crippen molar-refractivity contribution in [2.45, 2.75) is 31.1 Å². The third-order valence-corrected chi connectivity index (χ3v) is 8.09. The summed E-state index contributed by atoms with van der Waals surface area (Å²) in [7, 11) is 1.80. The average molecular weight is 549 g/mol. The number of thiophene rings is 1. The molecule has 0 saturated carbocycles. The standard InChI is InChI=1S/C27H25FN6O2S2/c1-17-5-3-6-19(13-17)26(36)29-15-24-30-31-27(33(24)2)38-16-25(35)34-22(18-8-10-20(28)11-9-18)14-21(32-34)23-7-4-12-37-23/h3-13,22H,14-16H2,1-2H3,(H,29,36). The van der Waals surface area contributed by atoms with Crippen molar-refractivity contribution in [1.29, 1.82) is 0 Å². The van der Waals surface area contributed by atoms with Crippen molar-refractivity contribution in [3.63, 3.8) is 0 Å². The summed E-state index contributed by atoms with van der Waals surface area (Å²) in [4.78, 5) is 26.8. The van der Waals surface area contributed by atoms with Gasteiger partial charge in [-0.25, -0.2) is 9.40 Å². The minimum Gasteiger partial charge on any atom is -0.345 e. The molecule has 2 aromatic carbocycles. The van der Waals surface area contributed by atoms with Gasteiger partial charge in [0.25, 0.3) is 11.8 Å². The Kier molecular flexibility index (Phi) is 7.66. The van der Waals surface area contributed by atoms with Crippen molar-refractivity contribution in [1.82, 2.24) is 25.1 Å². The van der Waals surface area contributed by atoms with Crippen LogP contribution in [0.2, 0.25) is 0 Å². The van der Waals surface area contributed by atoms with E-state index in [0.717, 1.165) is 21.7 Å². The molecule has 1 atom stereocenters. The van der Waals surface area contributed by atoms with Crippen molar-refractivity contribution in [2.75, 3.05) is 5.75 Å². The van der Waals surface area contributed by atoms with E-state index in [2.05, 4.69) is 20.6 Å². The van der Waals surface area contributed by atoms with E-state index >= 15 is 0 Å². The molecular formula is C27H25FN6O2S2. The second-order valence-electron chi connectivity index (χ2n) is 8.83. The number of hydrogen-bond acceptors (Lipinski definition) is 7. The summed E-state index contributed by atoms with van der Waals surface area (Å²) >= 11 is 2.82. The van der Waals surface area contributed by atoms with Gasteiger partial charge in [-0.1, -0.05) is 47.7 Å². The Bertz CT molecular complexity index is 1480. The molecule has 1 unspecified atom stereocenters. The van der Waals surface area contributed by atoms with Gasteiger partial charge >= 0.3 is 0 Å². The lowest BCUT2D eigenvalue weighted by Crippen LogP contribution is -2.28. The summed E-state index contributed by atoms with van der Waals surface area (Å²) in [6.07, 6.45) is 0.553. The molecule has 0 bridgehead atoms. The molecule has 5 rings (SSSR count). The van der Waals surface area contributed by atoms with E-state index < -0.39 is 0 Å². The molecule has 11 heteroatoms. The third-order valence-electron chi connectivity index (χ3n) is 6.16. The number of hydrogen-bond donors (Lipinski definition) is 1. The Morgan fingerprint density at radius 2 is 1.95 bits per heavy atom. The first-order valence-corrected chi connectivity index (χ1v) is 13.8. The molecule has 0 spiro atoms. The Hall–Kier alpha value is -3.83. The van der Waals surface area contributed by atoms with Crippen molar-refractivity contribution in [3.05, 3.63) is 99.3 Å². The highest BCUT2D eigenvalue weighted by molar-refractivity contribution is 7.99. The van der Waals surface area contributed by atoms with Crippen LogP contribution in [0.15, 0.2) is 76.3 Å². The molecule has 4 aromatic rings. The predicted octanol–water partition coefficient (Wildman–Crippen LogP) is 4.72. The normalized spacial score (nSPS) is 15.0. The fourth-order valence-corrected chi connectivity index (χ4v) is 5.64. The first kappa shape index (κ1) is 25.8. The van der Waals surface area contributed by atoms with E-state index in [4.69, 9.17) is 0 Å². The van der Waals surface area contributed by atoms with Crippen LogP contribution in [0, 0.1) is 12.7 Å². The Labute approximate surface area is 227 Å². The number of benzene rings is 2. The molecule has 0 saturated heterocycles. The van der Waals surface area contributed by atoms with Crippen LogP contribution in [0.25, 0.3) is 0 Å². The van der Waals surface area contributed by atoms with Crippen LogP contribution in [0.1, 0.15) is 44.6 Å². The fraction of sp³-hybridized carbons (Fsp3) is 0.222. The topological polar surface area (TPSA) is 92.5 Å². The maximum absolute atomic E-state index is 13.5. The van der Waals surface area contributed by atoms with Gasteiger partial charge in [-0.15, -0.1) is 21.5 Å². The molecular weight excluding hydrogens is 523 g/mol. The highest BCUT2D eigenvalue weighted by atomic mass is 32.2. The predicted molar refractivity (Wildman–Crippen MR) is 146 cm³/mol. The molecule has 0 radical (unpaired) electrons. The molecule has 8 nitrogen and oxygen atoms in total. The van der Waals surface area contributed by atoms with E-state index in [0.29, 0.717) is 23.0 Å². The summed E-state index contributed by atoms with van der Waals surface area (Å²) in [6.45, 7) is 2.14. The van der Waals surface area contributed by atoms with Gasteiger partial charge in [0.1, 0.15) is 5.82 Å². The molecule has 3 heterocycles. The van der Waals surface area contributed by atoms with Gasteiger partial charge in [0, 0.05) is 19.0 Å². The largest absolute Gasteiger partial charge is 0.345 e. The summed E-state index contributed by atoms with van der Waals surface area (Å²) in [6, 6.07) is 17.2. The highest BCUT2D eigenvalue weighted by Gasteiger charge is 2.33. The number of rotatable bonds is 8. The van der Waals surface area contributed by atoms with E-state index in [1.807, 2.05) is 42.6 Å². The van der Waals surface area contributed by atoms with Crippen LogP contribution in [-0.2, 0) is 18.4 Å². The molecule has 1 aliphatic heterocycles. The second kappa shape index (κ2) is 11.3. The number of hydrazone groups is 1. The monoisotopic (exact) mass is 548 g/mol. The van der Waals surface area contributed by atoms with Gasteiger partial charge in [0.2, 0.25) is 0 Å². The second-order valence-corrected chi connectivity index (χ2v) is 10.7. The Morgan fingerprint density at radius 3 is 2.68 bits per heavy atom. The number of carbonyl (C=O) groups is 2. The van der Waals surface area contributed by atoms with Crippen LogP contribution in [-0.4, -0.2) is 43.1 Å². The van der Waals surface area contributed by atoms with Gasteiger partial charge in [0.05, 0.1) is 28.9 Å². The summed E-state index contributed by atoms with van der Waals surface area (Å²) in [5, 5.41) is 19.9. The number of amides is 2. The van der Waals surface area contributed by atoms with Crippen molar-refractivity contribution in [3.8, 4) is 0 Å². The van der Waals surface area contributed by atoms with E-state index in [1.165, 1.54) is 28.9 Å². The molecule has 1 N–H and O–H groups in total. The van der Waals surface area contributed by atoms with Crippen LogP contribution < -0.4 is 5.32 Å². The maximum Gasteiger partial charge on any atom is 0.253 e. The Morgan fingerprint density at radius 1 is 1.13 bits per heavy atom. The summed E-state index contributed by atoms with van der Waals surface area (Å²) in [5.41, 5.74) is 3.24. The number of aromatic nitrogens is 3. The lowest BCUT2D eigenvalue weighted by Gasteiger charge is -2.21. The molecule has 38 heavy (non-hydrogen) atoms. The SMILES string of the molecule is Cc1cccc(C(=O)NCc2nnc(SCC(=O)N3N=C(c4cccs4)CC3c3ccc(F)cc3)n2C)c1.